The van der Waals surface area contributed by atoms with E-state index in [0.29, 0.717) is 6.42 Å². The molecule has 0 N–H and O–H groups in total. The molecule has 0 saturated heterocycles. The average molecular weight is 138 g/mol. The summed E-state index contributed by atoms with van der Waals surface area (Å²) in [5, 5.41) is 0. The fourth-order valence-corrected chi connectivity index (χ4v) is 0.808. The lowest BCUT2D eigenvalue weighted by Gasteiger charge is -1.93. The highest BCUT2D eigenvalue weighted by atomic mass is 32.0. The van der Waals surface area contributed by atoms with Crippen molar-refractivity contribution in [2.24, 2.45) is 0 Å². The Balaban J connectivity index is 3.00. The first kappa shape index (κ1) is 7.33. The van der Waals surface area contributed by atoms with Gasteiger partial charge in [0.1, 0.15) is 0 Å². The Morgan fingerprint density at radius 1 is 2.00 bits per heavy atom. The molecule has 0 spiro atoms. The van der Waals surface area contributed by atoms with E-state index in [-0.39, 0.29) is 14.5 Å². The number of rotatable bonds is 2. The normalized spacial score (nSPS) is 10.0. The first-order chi connectivity index (χ1) is 3.31. The summed E-state index contributed by atoms with van der Waals surface area (Å²) in [5.41, 5.74) is 0. The monoisotopic (exact) mass is 138 g/mol. The Labute approximate surface area is 47.0 Å². The molecule has 0 fully saturated rings. The van der Waals surface area contributed by atoms with E-state index in [1.54, 1.807) is 6.92 Å². The van der Waals surface area contributed by atoms with Crippen LogP contribution >= 0.6 is 17.4 Å². The van der Waals surface area contributed by atoms with Crippen molar-refractivity contribution < 1.29 is 9.32 Å². The molecule has 42 valence electrons. The van der Waals surface area contributed by atoms with Gasteiger partial charge in [0.15, 0.2) is 0 Å². The second-order valence-corrected chi connectivity index (χ2v) is 2.09. The van der Waals surface area contributed by atoms with Gasteiger partial charge in [-0.3, -0.25) is 4.79 Å². The van der Waals surface area contributed by atoms with Gasteiger partial charge in [-0.2, -0.15) is 0 Å². The standard InChI is InChI=1S/C3H8O2P2/c1-2-3(4)5-7-6/h7H,2,6H2,1H3. The van der Waals surface area contributed by atoms with Crippen molar-refractivity contribution in [3.8, 4) is 0 Å². The molecule has 4 heteroatoms. The second kappa shape index (κ2) is 4.49. The number of carbonyl (C=O) groups excluding carboxylic acids is 1. The maximum absolute atomic E-state index is 10.2. The summed E-state index contributed by atoms with van der Waals surface area (Å²) in [6.45, 7) is 1.77. The van der Waals surface area contributed by atoms with Gasteiger partial charge in [-0.15, -0.1) is 0 Å². The van der Waals surface area contributed by atoms with E-state index in [1.807, 2.05) is 0 Å². The molecule has 0 aliphatic heterocycles. The maximum atomic E-state index is 10.2. The van der Waals surface area contributed by atoms with Crippen LogP contribution in [0.4, 0.5) is 0 Å². The Hall–Kier alpha value is 0.330. The topological polar surface area (TPSA) is 26.3 Å². The first-order valence-electron chi connectivity index (χ1n) is 1.96. The van der Waals surface area contributed by atoms with Gasteiger partial charge >= 0.3 is 5.97 Å². The van der Waals surface area contributed by atoms with E-state index in [9.17, 15) is 4.79 Å². The molecule has 0 aliphatic carbocycles. The van der Waals surface area contributed by atoms with Gasteiger partial charge in [0.2, 0.25) is 0 Å². The van der Waals surface area contributed by atoms with Crippen LogP contribution in [0.25, 0.3) is 0 Å². The lowest BCUT2D eigenvalue weighted by Crippen LogP contribution is -1.91. The summed E-state index contributed by atoms with van der Waals surface area (Å²) in [6.07, 6.45) is 0.474. The lowest BCUT2D eigenvalue weighted by atomic mass is 10.5. The number of hydrogen-bond donors (Lipinski definition) is 0. The van der Waals surface area contributed by atoms with Crippen molar-refractivity contribution >= 4 is 23.4 Å². The highest BCUT2D eigenvalue weighted by molar-refractivity contribution is 8.00. The van der Waals surface area contributed by atoms with Gasteiger partial charge in [0.05, 0.1) is 8.50 Å². The molecule has 0 amide bonds. The van der Waals surface area contributed by atoms with E-state index >= 15 is 0 Å². The van der Waals surface area contributed by atoms with Crippen molar-refractivity contribution in [3.05, 3.63) is 0 Å². The van der Waals surface area contributed by atoms with Gasteiger partial charge in [-0.05, 0) is 0 Å². The minimum Gasteiger partial charge on any atom is -0.444 e. The summed E-state index contributed by atoms with van der Waals surface area (Å²) in [5.74, 6) is -0.131. The van der Waals surface area contributed by atoms with Crippen LogP contribution in [-0.4, -0.2) is 5.97 Å². The van der Waals surface area contributed by atoms with Crippen molar-refractivity contribution in [2.75, 3.05) is 0 Å². The fraction of sp³-hybridized carbons (Fsp3) is 0.667. The largest absolute Gasteiger partial charge is 0.444 e. The molecule has 2 atom stereocenters. The fourth-order valence-electron chi connectivity index (χ4n) is 0.138. The molecular formula is C3H8O2P2. The van der Waals surface area contributed by atoms with Crippen LogP contribution in [0.5, 0.6) is 0 Å². The molecule has 0 radical (unpaired) electrons. The zero-order valence-corrected chi connectivity index (χ0v) is 6.26. The smallest absolute Gasteiger partial charge is 0.308 e. The molecule has 0 aliphatic rings. The molecule has 0 rings (SSSR count). The molecule has 2 nitrogen and oxygen atoms in total. The van der Waals surface area contributed by atoms with Crippen LogP contribution in [0.2, 0.25) is 0 Å². The van der Waals surface area contributed by atoms with Crippen LogP contribution in [0.1, 0.15) is 13.3 Å². The molecule has 0 saturated carbocycles. The van der Waals surface area contributed by atoms with E-state index in [1.165, 1.54) is 0 Å². The summed E-state index contributed by atoms with van der Waals surface area (Å²) >= 11 is 0. The van der Waals surface area contributed by atoms with Gasteiger partial charge in [0, 0.05) is 6.42 Å². The predicted octanol–water partition coefficient (Wildman–Crippen LogP) is 1.32. The Morgan fingerprint density at radius 2 is 2.57 bits per heavy atom. The number of carbonyl (C=O) groups is 1. The predicted molar refractivity (Wildman–Crippen MR) is 34.4 cm³/mol. The number of hydrogen-bond acceptors (Lipinski definition) is 2. The molecule has 0 bridgehead atoms. The van der Waals surface area contributed by atoms with Crippen molar-refractivity contribution in [3.63, 3.8) is 0 Å². The third-order valence-corrected chi connectivity index (χ3v) is 1.16. The molecule has 0 aromatic rings. The van der Waals surface area contributed by atoms with Gasteiger partial charge in [0.25, 0.3) is 0 Å². The summed E-state index contributed by atoms with van der Waals surface area (Å²) < 4.78 is 4.54. The Morgan fingerprint density at radius 3 is 2.71 bits per heavy atom. The van der Waals surface area contributed by atoms with Gasteiger partial charge in [-0.25, -0.2) is 0 Å². The third-order valence-electron chi connectivity index (χ3n) is 0.461. The summed E-state index contributed by atoms with van der Waals surface area (Å²) in [7, 11) is 2.55. The molecule has 0 aromatic carbocycles. The lowest BCUT2D eigenvalue weighted by molar-refractivity contribution is -0.132. The molecule has 2 unspecified atom stereocenters. The maximum Gasteiger partial charge on any atom is 0.308 e. The van der Waals surface area contributed by atoms with E-state index < -0.39 is 0 Å². The first-order valence-corrected chi connectivity index (χ1v) is 4.68. The van der Waals surface area contributed by atoms with Crippen LogP contribution in [0.3, 0.4) is 0 Å². The van der Waals surface area contributed by atoms with Gasteiger partial charge < -0.3 is 4.52 Å². The van der Waals surface area contributed by atoms with Crippen LogP contribution in [0, 0.1) is 0 Å². The van der Waals surface area contributed by atoms with E-state index in [4.69, 9.17) is 0 Å². The average Bonchev–Trinajstić information content (AvgIpc) is 1.68. The van der Waals surface area contributed by atoms with Crippen molar-refractivity contribution in [1.82, 2.24) is 0 Å². The highest BCUT2D eigenvalue weighted by Gasteiger charge is 1.91. The summed E-state index contributed by atoms with van der Waals surface area (Å²) in [4.78, 5) is 10.2. The van der Waals surface area contributed by atoms with Crippen LogP contribution in [-0.2, 0) is 9.32 Å². The van der Waals surface area contributed by atoms with Crippen molar-refractivity contribution in [1.29, 1.82) is 0 Å². The summed E-state index contributed by atoms with van der Waals surface area (Å²) in [6, 6.07) is 0. The van der Waals surface area contributed by atoms with Gasteiger partial charge in [-0.1, -0.05) is 15.9 Å². The zero-order chi connectivity index (χ0) is 5.70. The minimum atomic E-state index is -0.131. The second-order valence-electron chi connectivity index (χ2n) is 0.945. The van der Waals surface area contributed by atoms with Crippen LogP contribution in [0.15, 0.2) is 0 Å². The van der Waals surface area contributed by atoms with Crippen molar-refractivity contribution in [2.45, 2.75) is 13.3 Å². The third kappa shape index (κ3) is 4.18. The minimum absolute atomic E-state index is 0.131. The molecule has 0 heterocycles. The molecular weight excluding hydrogens is 130 g/mol. The SMILES string of the molecule is CCC(=O)OPP. The molecule has 0 aromatic heterocycles. The van der Waals surface area contributed by atoms with E-state index in [2.05, 4.69) is 13.5 Å². The van der Waals surface area contributed by atoms with E-state index in [0.717, 1.165) is 0 Å². The Bertz CT molecular complexity index is 64.0. The van der Waals surface area contributed by atoms with Crippen LogP contribution < -0.4 is 0 Å². The molecule has 7 heavy (non-hydrogen) atoms. The zero-order valence-electron chi connectivity index (χ0n) is 4.10. The Kier molecular flexibility index (Phi) is 4.70. The highest BCUT2D eigenvalue weighted by Crippen LogP contribution is 2.21. The quantitative estimate of drug-likeness (QED) is 0.538.